The summed E-state index contributed by atoms with van der Waals surface area (Å²) in [5.41, 5.74) is 1.45. The van der Waals surface area contributed by atoms with Crippen molar-refractivity contribution in [2.75, 3.05) is 19.0 Å². The molecular formula is C18H17NO6S. The fourth-order valence-electron chi connectivity index (χ4n) is 2.82. The number of esters is 2. The molecule has 26 heavy (non-hydrogen) atoms. The average Bonchev–Trinajstić information content (AvgIpc) is 3.19. The van der Waals surface area contributed by atoms with Gasteiger partial charge in [-0.3, -0.25) is 4.79 Å². The number of phenolic OH excluding ortho intramolecular Hbond substituents is 1. The summed E-state index contributed by atoms with van der Waals surface area (Å²) in [6.07, 6.45) is 2.62. The quantitative estimate of drug-likeness (QED) is 0.779. The van der Waals surface area contributed by atoms with Gasteiger partial charge < -0.3 is 19.9 Å². The number of hydrogen-bond donors (Lipinski definition) is 2. The smallest absolute Gasteiger partial charge is 0.341 e. The van der Waals surface area contributed by atoms with Crippen LogP contribution in [0.25, 0.3) is 0 Å². The molecule has 0 saturated heterocycles. The van der Waals surface area contributed by atoms with Gasteiger partial charge in [0.05, 0.1) is 18.2 Å². The number of thiophene rings is 1. The Kier molecular flexibility index (Phi) is 5.22. The number of aryl methyl sites for hydroxylation is 1. The number of aromatic hydroxyl groups is 1. The van der Waals surface area contributed by atoms with Crippen molar-refractivity contribution < 1.29 is 29.0 Å². The van der Waals surface area contributed by atoms with E-state index in [9.17, 15) is 19.5 Å². The third-order valence-electron chi connectivity index (χ3n) is 3.98. The van der Waals surface area contributed by atoms with Gasteiger partial charge in [0.1, 0.15) is 10.8 Å². The van der Waals surface area contributed by atoms with Gasteiger partial charge in [-0.05, 0) is 43.0 Å². The second-order valence-electron chi connectivity index (χ2n) is 5.73. The number of nitrogens with one attached hydrogen (secondary N) is 1. The van der Waals surface area contributed by atoms with Crippen LogP contribution in [0.15, 0.2) is 24.3 Å². The van der Waals surface area contributed by atoms with Gasteiger partial charge in [-0.2, -0.15) is 0 Å². The van der Waals surface area contributed by atoms with E-state index in [2.05, 4.69) is 5.32 Å². The lowest BCUT2D eigenvalue weighted by Gasteiger charge is -2.08. The van der Waals surface area contributed by atoms with Gasteiger partial charge in [0.2, 0.25) is 0 Å². The monoisotopic (exact) mass is 375 g/mol. The van der Waals surface area contributed by atoms with Gasteiger partial charge >= 0.3 is 11.9 Å². The maximum absolute atomic E-state index is 12.1. The molecule has 1 aliphatic carbocycles. The van der Waals surface area contributed by atoms with Crippen LogP contribution in [0.2, 0.25) is 0 Å². The number of ether oxygens (including phenoxy) is 2. The summed E-state index contributed by atoms with van der Waals surface area (Å²) >= 11 is 1.35. The van der Waals surface area contributed by atoms with Crippen LogP contribution in [0.5, 0.6) is 5.75 Å². The van der Waals surface area contributed by atoms with Gasteiger partial charge in [0.15, 0.2) is 6.61 Å². The van der Waals surface area contributed by atoms with E-state index in [4.69, 9.17) is 9.47 Å². The fourth-order valence-corrected chi connectivity index (χ4v) is 4.11. The van der Waals surface area contributed by atoms with E-state index in [1.54, 1.807) is 0 Å². The lowest BCUT2D eigenvalue weighted by molar-refractivity contribution is -0.119. The Morgan fingerprint density at radius 3 is 2.77 bits per heavy atom. The van der Waals surface area contributed by atoms with Crippen molar-refractivity contribution in [1.82, 2.24) is 0 Å². The summed E-state index contributed by atoms with van der Waals surface area (Å²) in [5.74, 6) is -1.84. The number of benzene rings is 1. The number of amides is 1. The molecule has 0 spiro atoms. The summed E-state index contributed by atoms with van der Waals surface area (Å²) in [6, 6.07) is 5.65. The number of hydrogen-bond acceptors (Lipinski definition) is 7. The van der Waals surface area contributed by atoms with Crippen molar-refractivity contribution in [2.45, 2.75) is 19.3 Å². The molecule has 0 fully saturated rings. The van der Waals surface area contributed by atoms with Crippen LogP contribution in [0.1, 0.15) is 37.6 Å². The molecule has 1 aromatic carbocycles. The van der Waals surface area contributed by atoms with Crippen LogP contribution in [-0.4, -0.2) is 36.7 Å². The molecule has 0 radical (unpaired) electrons. The summed E-state index contributed by atoms with van der Waals surface area (Å²) < 4.78 is 9.76. The Balaban J connectivity index is 1.65. The first kappa shape index (κ1) is 17.9. The predicted molar refractivity (Wildman–Crippen MR) is 94.7 cm³/mol. The molecule has 0 unspecified atom stereocenters. The Morgan fingerprint density at radius 1 is 1.23 bits per heavy atom. The predicted octanol–water partition coefficient (Wildman–Crippen LogP) is 2.52. The number of phenols is 1. The van der Waals surface area contributed by atoms with E-state index in [0.717, 1.165) is 29.7 Å². The van der Waals surface area contributed by atoms with Crippen molar-refractivity contribution in [3.8, 4) is 5.75 Å². The van der Waals surface area contributed by atoms with Crippen LogP contribution < -0.4 is 5.32 Å². The molecule has 2 aromatic rings. The first-order valence-corrected chi connectivity index (χ1v) is 8.80. The number of anilines is 1. The highest BCUT2D eigenvalue weighted by Crippen LogP contribution is 2.39. The van der Waals surface area contributed by atoms with Gasteiger partial charge in [-0.25, -0.2) is 9.59 Å². The standard InChI is InChI=1S/C18H17NO6S/c1-24-18(23)15-12-6-3-7-13(12)26-16(15)19-14(21)9-25-17(22)10-4-2-5-11(20)8-10/h2,4-5,8,20H,3,6-7,9H2,1H3,(H,19,21). The van der Waals surface area contributed by atoms with Gasteiger partial charge in [-0.1, -0.05) is 6.07 Å². The molecule has 8 heteroatoms. The third kappa shape index (κ3) is 3.70. The molecular weight excluding hydrogens is 358 g/mol. The Morgan fingerprint density at radius 2 is 2.04 bits per heavy atom. The Bertz CT molecular complexity index is 873. The maximum atomic E-state index is 12.1. The van der Waals surface area contributed by atoms with Crippen molar-refractivity contribution in [3.05, 3.63) is 45.8 Å². The first-order valence-electron chi connectivity index (χ1n) is 7.98. The Hall–Kier alpha value is -2.87. The SMILES string of the molecule is COC(=O)c1c(NC(=O)COC(=O)c2cccc(O)c2)sc2c1CCC2. The molecule has 1 aliphatic rings. The first-order chi connectivity index (χ1) is 12.5. The fraction of sp³-hybridized carbons (Fsp3) is 0.278. The van der Waals surface area contributed by atoms with Crippen molar-refractivity contribution >= 4 is 34.2 Å². The third-order valence-corrected chi connectivity index (χ3v) is 5.19. The number of rotatable bonds is 5. The van der Waals surface area contributed by atoms with Crippen LogP contribution in [0.4, 0.5) is 5.00 Å². The molecule has 1 aromatic heterocycles. The van der Waals surface area contributed by atoms with Gasteiger partial charge in [0.25, 0.3) is 5.91 Å². The van der Waals surface area contributed by atoms with Crippen LogP contribution >= 0.6 is 11.3 Å². The summed E-state index contributed by atoms with van der Waals surface area (Å²) in [7, 11) is 1.30. The van der Waals surface area contributed by atoms with E-state index in [1.807, 2.05) is 0 Å². The molecule has 136 valence electrons. The average molecular weight is 375 g/mol. The van der Waals surface area contributed by atoms with Gasteiger partial charge in [-0.15, -0.1) is 11.3 Å². The number of carbonyl (C=O) groups is 3. The van der Waals surface area contributed by atoms with Gasteiger partial charge in [0, 0.05) is 4.88 Å². The molecule has 7 nitrogen and oxygen atoms in total. The zero-order valence-corrected chi connectivity index (χ0v) is 14.9. The van der Waals surface area contributed by atoms with E-state index < -0.39 is 24.5 Å². The molecule has 0 bridgehead atoms. The van der Waals surface area contributed by atoms with Crippen molar-refractivity contribution in [2.24, 2.45) is 0 Å². The minimum atomic E-state index is -0.724. The molecule has 1 heterocycles. The molecule has 0 saturated carbocycles. The highest BCUT2D eigenvalue weighted by molar-refractivity contribution is 7.17. The summed E-state index contributed by atoms with van der Waals surface area (Å²) in [6.45, 7) is -0.502. The number of fused-ring (bicyclic) bond motifs is 1. The lowest BCUT2D eigenvalue weighted by atomic mass is 10.1. The highest BCUT2D eigenvalue weighted by Gasteiger charge is 2.28. The van der Waals surface area contributed by atoms with E-state index in [1.165, 1.54) is 42.7 Å². The Labute approximate surface area is 153 Å². The van der Waals surface area contributed by atoms with E-state index >= 15 is 0 Å². The molecule has 3 rings (SSSR count). The summed E-state index contributed by atoms with van der Waals surface area (Å²) in [4.78, 5) is 37.1. The maximum Gasteiger partial charge on any atom is 0.341 e. The topological polar surface area (TPSA) is 102 Å². The van der Waals surface area contributed by atoms with Crippen LogP contribution in [0, 0.1) is 0 Å². The van der Waals surface area contributed by atoms with E-state index in [-0.39, 0.29) is 11.3 Å². The van der Waals surface area contributed by atoms with Crippen molar-refractivity contribution in [1.29, 1.82) is 0 Å². The number of carbonyl (C=O) groups excluding carboxylic acids is 3. The molecule has 2 N–H and O–H groups in total. The highest BCUT2D eigenvalue weighted by atomic mass is 32.1. The van der Waals surface area contributed by atoms with Crippen molar-refractivity contribution in [3.63, 3.8) is 0 Å². The lowest BCUT2D eigenvalue weighted by Crippen LogP contribution is -2.21. The summed E-state index contributed by atoms with van der Waals surface area (Å²) in [5, 5.41) is 12.4. The number of methoxy groups -OCH3 is 1. The minimum Gasteiger partial charge on any atom is -0.508 e. The normalized spacial score (nSPS) is 12.3. The second-order valence-corrected chi connectivity index (χ2v) is 6.83. The second kappa shape index (κ2) is 7.57. The van der Waals surface area contributed by atoms with Crippen LogP contribution in [-0.2, 0) is 27.1 Å². The molecule has 0 atom stereocenters. The zero-order valence-electron chi connectivity index (χ0n) is 14.0. The van der Waals surface area contributed by atoms with Crippen LogP contribution in [0.3, 0.4) is 0 Å². The largest absolute Gasteiger partial charge is 0.508 e. The zero-order chi connectivity index (χ0) is 18.7. The van der Waals surface area contributed by atoms with E-state index in [0.29, 0.717) is 10.6 Å². The molecule has 0 aliphatic heterocycles. The minimum absolute atomic E-state index is 0.0697. The molecule has 1 amide bonds.